The van der Waals surface area contributed by atoms with Gasteiger partial charge in [0.2, 0.25) is 0 Å². The van der Waals surface area contributed by atoms with Crippen LogP contribution in [-0.2, 0) is 19.5 Å². The molecule has 1 N–H and O–H groups in total. The van der Waals surface area contributed by atoms with Gasteiger partial charge in [-0.05, 0) is 18.1 Å². The minimum absolute atomic E-state index is 0.621. The van der Waals surface area contributed by atoms with E-state index < -0.39 is 0 Å². The third-order valence-electron chi connectivity index (χ3n) is 4.49. The molecule has 0 saturated heterocycles. The maximum atomic E-state index is 4.43. The first-order chi connectivity index (χ1) is 12.4. The molecule has 4 aromatic rings. The van der Waals surface area contributed by atoms with E-state index in [2.05, 4.69) is 60.4 Å². The van der Waals surface area contributed by atoms with Gasteiger partial charge in [-0.1, -0.05) is 30.3 Å². The fourth-order valence-electron chi connectivity index (χ4n) is 3.25. The Morgan fingerprint density at radius 1 is 1.12 bits per heavy atom. The molecule has 0 atom stereocenters. The molecule has 0 aliphatic carbocycles. The summed E-state index contributed by atoms with van der Waals surface area (Å²) in [6.07, 6.45) is 3.79. The molecule has 0 amide bonds. The molecule has 6 nitrogen and oxygen atoms in total. The van der Waals surface area contributed by atoms with E-state index in [0.717, 1.165) is 47.1 Å². The monoisotopic (exact) mass is 348 g/mol. The summed E-state index contributed by atoms with van der Waals surface area (Å²) in [6.45, 7) is 1.63. The predicted molar refractivity (Wildman–Crippen MR) is 98.5 cm³/mol. The number of benzene rings is 1. The fraction of sp³-hybridized carbons (Fsp3) is 0.222. The number of rotatable bonds is 4. The second-order valence-electron chi connectivity index (χ2n) is 6.06. The molecule has 0 bridgehead atoms. The van der Waals surface area contributed by atoms with Gasteiger partial charge >= 0.3 is 0 Å². The van der Waals surface area contributed by atoms with Crippen molar-refractivity contribution in [2.75, 3.05) is 5.32 Å². The van der Waals surface area contributed by atoms with E-state index in [4.69, 9.17) is 0 Å². The highest BCUT2D eigenvalue weighted by molar-refractivity contribution is 7.21. The van der Waals surface area contributed by atoms with Gasteiger partial charge in [0.25, 0.3) is 0 Å². The van der Waals surface area contributed by atoms with E-state index in [0.29, 0.717) is 6.54 Å². The SMILES string of the molecule is c1ccc(-c2cc3c(NCc4nnc5n4CCC5)ncnc3s2)cc1. The fourth-order valence-corrected chi connectivity index (χ4v) is 4.25. The van der Waals surface area contributed by atoms with Crippen LogP contribution < -0.4 is 5.32 Å². The summed E-state index contributed by atoms with van der Waals surface area (Å²) in [5.41, 5.74) is 1.20. The molecule has 0 fully saturated rings. The van der Waals surface area contributed by atoms with Crippen LogP contribution in [0.1, 0.15) is 18.1 Å². The Bertz CT molecular complexity index is 1040. The molecule has 1 aromatic carbocycles. The number of nitrogens with zero attached hydrogens (tertiary/aromatic N) is 5. The number of hydrogen-bond acceptors (Lipinski definition) is 6. The molecule has 1 aliphatic heterocycles. The first kappa shape index (κ1) is 14.5. The second-order valence-corrected chi connectivity index (χ2v) is 7.09. The lowest BCUT2D eigenvalue weighted by Gasteiger charge is -2.06. The number of anilines is 1. The van der Waals surface area contributed by atoms with Crippen LogP contribution in [0, 0.1) is 0 Å². The first-order valence-corrected chi connectivity index (χ1v) is 9.15. The molecule has 0 radical (unpaired) electrons. The van der Waals surface area contributed by atoms with Gasteiger partial charge in [-0.15, -0.1) is 21.5 Å². The zero-order chi connectivity index (χ0) is 16.6. The normalized spacial score (nSPS) is 13.3. The van der Waals surface area contributed by atoms with E-state index in [9.17, 15) is 0 Å². The molecule has 0 spiro atoms. The largest absolute Gasteiger partial charge is 0.362 e. The van der Waals surface area contributed by atoms with Gasteiger partial charge in [-0.3, -0.25) is 0 Å². The van der Waals surface area contributed by atoms with Gasteiger partial charge in [0.05, 0.1) is 11.9 Å². The zero-order valence-corrected chi connectivity index (χ0v) is 14.3. The molecular weight excluding hydrogens is 332 g/mol. The Kier molecular flexibility index (Phi) is 3.45. The van der Waals surface area contributed by atoms with Crippen molar-refractivity contribution < 1.29 is 0 Å². The van der Waals surface area contributed by atoms with Crippen molar-refractivity contribution in [3.05, 3.63) is 54.4 Å². The van der Waals surface area contributed by atoms with Gasteiger partial charge in [0.1, 0.15) is 22.8 Å². The highest BCUT2D eigenvalue weighted by Gasteiger charge is 2.17. The van der Waals surface area contributed by atoms with Crippen LogP contribution in [0.15, 0.2) is 42.7 Å². The molecule has 4 heterocycles. The highest BCUT2D eigenvalue weighted by Crippen LogP contribution is 2.34. The Balaban J connectivity index is 1.46. The van der Waals surface area contributed by atoms with E-state index in [1.165, 1.54) is 10.4 Å². The second kappa shape index (κ2) is 5.93. The van der Waals surface area contributed by atoms with Crippen molar-refractivity contribution in [3.63, 3.8) is 0 Å². The third kappa shape index (κ3) is 2.56. The summed E-state index contributed by atoms with van der Waals surface area (Å²) in [7, 11) is 0. The van der Waals surface area contributed by atoms with Crippen molar-refractivity contribution in [3.8, 4) is 10.4 Å². The van der Waals surface area contributed by atoms with Crippen molar-refractivity contribution in [2.24, 2.45) is 0 Å². The number of nitrogens with one attached hydrogen (secondary N) is 1. The molecule has 3 aromatic heterocycles. The molecule has 25 heavy (non-hydrogen) atoms. The molecule has 124 valence electrons. The summed E-state index contributed by atoms with van der Waals surface area (Å²) in [5, 5.41) is 13.0. The van der Waals surface area contributed by atoms with Crippen LogP contribution in [0.2, 0.25) is 0 Å². The van der Waals surface area contributed by atoms with Crippen molar-refractivity contribution in [1.29, 1.82) is 0 Å². The average molecular weight is 348 g/mol. The van der Waals surface area contributed by atoms with Gasteiger partial charge in [-0.25, -0.2) is 9.97 Å². The molecule has 7 heteroatoms. The Labute approximate surface area is 148 Å². The summed E-state index contributed by atoms with van der Waals surface area (Å²) in [5.74, 6) is 2.91. The standard InChI is InChI=1S/C18H16N6S/c1-2-5-12(6-3-1)14-9-13-17(20-11-21-18(13)25-14)19-10-16-23-22-15-7-4-8-24(15)16/h1-3,5-6,9,11H,4,7-8,10H2,(H,19,20,21). The van der Waals surface area contributed by atoms with Crippen LogP contribution in [-0.4, -0.2) is 24.7 Å². The maximum Gasteiger partial charge on any atom is 0.152 e. The summed E-state index contributed by atoms with van der Waals surface area (Å²) >= 11 is 1.68. The van der Waals surface area contributed by atoms with E-state index in [1.54, 1.807) is 17.7 Å². The van der Waals surface area contributed by atoms with Gasteiger partial charge in [-0.2, -0.15) is 0 Å². The third-order valence-corrected chi connectivity index (χ3v) is 5.58. The van der Waals surface area contributed by atoms with Crippen LogP contribution in [0.4, 0.5) is 5.82 Å². The van der Waals surface area contributed by atoms with E-state index in [-0.39, 0.29) is 0 Å². The minimum Gasteiger partial charge on any atom is -0.362 e. The number of aryl methyl sites for hydroxylation is 1. The molecule has 0 saturated carbocycles. The lowest BCUT2D eigenvalue weighted by molar-refractivity contribution is 0.695. The maximum absolute atomic E-state index is 4.43. The van der Waals surface area contributed by atoms with Crippen molar-refractivity contribution >= 4 is 27.4 Å². The number of thiophene rings is 1. The Morgan fingerprint density at radius 3 is 2.96 bits per heavy atom. The topological polar surface area (TPSA) is 68.5 Å². The lowest BCUT2D eigenvalue weighted by atomic mass is 10.2. The Morgan fingerprint density at radius 2 is 2.04 bits per heavy atom. The van der Waals surface area contributed by atoms with Gasteiger partial charge in [0.15, 0.2) is 5.82 Å². The summed E-state index contributed by atoms with van der Waals surface area (Å²) in [6, 6.07) is 12.5. The summed E-state index contributed by atoms with van der Waals surface area (Å²) < 4.78 is 2.20. The highest BCUT2D eigenvalue weighted by atomic mass is 32.1. The van der Waals surface area contributed by atoms with Crippen molar-refractivity contribution in [1.82, 2.24) is 24.7 Å². The molecule has 0 unspecified atom stereocenters. The van der Waals surface area contributed by atoms with Gasteiger partial charge < -0.3 is 9.88 Å². The van der Waals surface area contributed by atoms with Crippen LogP contribution in [0.5, 0.6) is 0 Å². The van der Waals surface area contributed by atoms with E-state index >= 15 is 0 Å². The Hall–Kier alpha value is -2.80. The molecular formula is C18H16N6S. The van der Waals surface area contributed by atoms with E-state index in [1.807, 2.05) is 6.07 Å². The van der Waals surface area contributed by atoms with Crippen LogP contribution in [0.3, 0.4) is 0 Å². The number of aromatic nitrogens is 5. The zero-order valence-electron chi connectivity index (χ0n) is 13.5. The number of hydrogen-bond donors (Lipinski definition) is 1. The molecule has 5 rings (SSSR count). The smallest absolute Gasteiger partial charge is 0.152 e. The predicted octanol–water partition coefficient (Wildman–Crippen LogP) is 3.51. The minimum atomic E-state index is 0.621. The van der Waals surface area contributed by atoms with Crippen LogP contribution >= 0.6 is 11.3 Å². The van der Waals surface area contributed by atoms with Crippen molar-refractivity contribution in [2.45, 2.75) is 25.9 Å². The summed E-state index contributed by atoms with van der Waals surface area (Å²) in [4.78, 5) is 11.0. The molecule has 1 aliphatic rings. The lowest BCUT2D eigenvalue weighted by Crippen LogP contribution is -2.08. The number of fused-ring (bicyclic) bond motifs is 2. The van der Waals surface area contributed by atoms with Gasteiger partial charge in [0, 0.05) is 17.8 Å². The quantitative estimate of drug-likeness (QED) is 0.611. The first-order valence-electron chi connectivity index (χ1n) is 8.33. The average Bonchev–Trinajstić information content (AvgIpc) is 3.36. The van der Waals surface area contributed by atoms with Crippen LogP contribution in [0.25, 0.3) is 20.7 Å².